The number of thioether (sulfide) groups is 1. The number of nitrogens with zero attached hydrogens (tertiary/aromatic N) is 1. The van der Waals surface area contributed by atoms with E-state index in [1.54, 1.807) is 14.2 Å². The topological polar surface area (TPSA) is 59.9 Å². The zero-order chi connectivity index (χ0) is 17.8. The van der Waals surface area contributed by atoms with E-state index >= 15 is 0 Å². The second-order valence-electron chi connectivity index (χ2n) is 5.40. The molecule has 0 spiro atoms. The second-order valence-corrected chi connectivity index (χ2v) is 6.43. The smallest absolute Gasteiger partial charge is 0.264 e. The molecule has 1 heterocycles. The molecule has 0 unspecified atom stereocenters. The number of methoxy groups -OCH3 is 2. The molecule has 6 heteroatoms. The highest BCUT2D eigenvalue weighted by molar-refractivity contribution is 8.18. The van der Waals surface area contributed by atoms with Gasteiger partial charge in [0.25, 0.3) is 5.91 Å². The molecule has 1 fully saturated rings. The lowest BCUT2D eigenvalue weighted by molar-refractivity contribution is -0.115. The Bertz CT molecular complexity index is 857. The molecule has 2 aromatic rings. The standard InChI is InChI=1S/C19H18N2O3S/c1-12-10-16(24-3)7-4-13(12)11-17-18(22)21-19(25-17)20-14-5-8-15(23-2)9-6-14/h4-11H,1-3H3,(H,20,21,22)/b17-11+. The lowest BCUT2D eigenvalue weighted by Gasteiger charge is -2.04. The van der Waals surface area contributed by atoms with Gasteiger partial charge in [0, 0.05) is 0 Å². The van der Waals surface area contributed by atoms with Gasteiger partial charge in [-0.1, -0.05) is 6.07 Å². The monoisotopic (exact) mass is 354 g/mol. The van der Waals surface area contributed by atoms with Gasteiger partial charge in [0.2, 0.25) is 0 Å². The van der Waals surface area contributed by atoms with Gasteiger partial charge < -0.3 is 14.8 Å². The lowest BCUT2D eigenvalue weighted by atomic mass is 10.1. The van der Waals surface area contributed by atoms with Crippen LogP contribution in [0.15, 0.2) is 52.4 Å². The van der Waals surface area contributed by atoms with Gasteiger partial charge >= 0.3 is 0 Å². The molecular formula is C19H18N2O3S. The van der Waals surface area contributed by atoms with Crippen molar-refractivity contribution in [3.05, 3.63) is 58.5 Å². The van der Waals surface area contributed by atoms with E-state index in [4.69, 9.17) is 9.47 Å². The van der Waals surface area contributed by atoms with Crippen LogP contribution in [-0.2, 0) is 4.79 Å². The highest BCUT2D eigenvalue weighted by Gasteiger charge is 2.24. The summed E-state index contributed by atoms with van der Waals surface area (Å²) in [4.78, 5) is 17.3. The summed E-state index contributed by atoms with van der Waals surface area (Å²) in [6.07, 6.45) is 1.87. The SMILES string of the molecule is COc1ccc(N=C2NC(=O)/C(=C\c3ccc(OC)cc3C)S2)cc1. The number of aryl methyl sites for hydroxylation is 1. The predicted octanol–water partition coefficient (Wildman–Crippen LogP) is 3.90. The molecule has 1 saturated heterocycles. The number of carbonyl (C=O) groups is 1. The van der Waals surface area contributed by atoms with E-state index in [-0.39, 0.29) is 5.91 Å². The average Bonchev–Trinajstić information content (AvgIpc) is 2.96. The van der Waals surface area contributed by atoms with Gasteiger partial charge in [-0.05, 0) is 72.3 Å². The van der Waals surface area contributed by atoms with Crippen molar-refractivity contribution in [2.75, 3.05) is 14.2 Å². The average molecular weight is 354 g/mol. The van der Waals surface area contributed by atoms with E-state index in [9.17, 15) is 4.79 Å². The molecule has 1 amide bonds. The Labute approximate surface area is 150 Å². The van der Waals surface area contributed by atoms with Crippen molar-refractivity contribution in [3.63, 3.8) is 0 Å². The maximum absolute atomic E-state index is 12.2. The van der Waals surface area contributed by atoms with Crippen LogP contribution in [0.2, 0.25) is 0 Å². The van der Waals surface area contributed by atoms with Crippen molar-refractivity contribution < 1.29 is 14.3 Å². The van der Waals surface area contributed by atoms with E-state index in [0.717, 1.165) is 28.3 Å². The molecule has 0 atom stereocenters. The largest absolute Gasteiger partial charge is 0.497 e. The van der Waals surface area contributed by atoms with E-state index in [1.165, 1.54) is 11.8 Å². The normalized spacial score (nSPS) is 17.0. The number of carbonyl (C=O) groups excluding carboxylic acids is 1. The summed E-state index contributed by atoms with van der Waals surface area (Å²) in [6.45, 7) is 1.98. The number of ether oxygens (including phenoxy) is 2. The molecule has 1 N–H and O–H groups in total. The quantitative estimate of drug-likeness (QED) is 0.846. The number of hydrogen-bond donors (Lipinski definition) is 1. The molecule has 128 valence electrons. The highest BCUT2D eigenvalue weighted by Crippen LogP contribution is 2.30. The molecule has 1 aliphatic rings. The Morgan fingerprint density at radius 1 is 1.04 bits per heavy atom. The van der Waals surface area contributed by atoms with Gasteiger partial charge in [0.1, 0.15) is 11.5 Å². The molecule has 0 saturated carbocycles. The van der Waals surface area contributed by atoms with Crippen molar-refractivity contribution in [2.45, 2.75) is 6.92 Å². The molecule has 1 aliphatic heterocycles. The molecule has 0 aromatic heterocycles. The van der Waals surface area contributed by atoms with Crippen LogP contribution in [0.25, 0.3) is 6.08 Å². The molecule has 0 bridgehead atoms. The zero-order valence-electron chi connectivity index (χ0n) is 14.2. The third kappa shape index (κ3) is 4.03. The van der Waals surface area contributed by atoms with Gasteiger partial charge in [-0.3, -0.25) is 4.79 Å². The van der Waals surface area contributed by atoms with Crippen LogP contribution in [0.5, 0.6) is 11.5 Å². The van der Waals surface area contributed by atoms with Crippen LogP contribution in [-0.4, -0.2) is 25.3 Å². The predicted molar refractivity (Wildman–Crippen MR) is 102 cm³/mol. The first-order valence-electron chi connectivity index (χ1n) is 7.67. The Hall–Kier alpha value is -2.73. The van der Waals surface area contributed by atoms with E-state index in [1.807, 2.05) is 55.5 Å². The lowest BCUT2D eigenvalue weighted by Crippen LogP contribution is -2.19. The van der Waals surface area contributed by atoms with Crippen LogP contribution in [0.1, 0.15) is 11.1 Å². The fourth-order valence-corrected chi connectivity index (χ4v) is 3.17. The van der Waals surface area contributed by atoms with Crippen LogP contribution in [0.3, 0.4) is 0 Å². The van der Waals surface area contributed by atoms with Crippen molar-refractivity contribution in [1.82, 2.24) is 5.32 Å². The first-order chi connectivity index (χ1) is 12.1. The minimum Gasteiger partial charge on any atom is -0.497 e. The summed E-state index contributed by atoms with van der Waals surface area (Å²) in [5.41, 5.74) is 2.77. The zero-order valence-corrected chi connectivity index (χ0v) is 15.0. The molecule has 25 heavy (non-hydrogen) atoms. The van der Waals surface area contributed by atoms with Crippen molar-refractivity contribution >= 4 is 34.6 Å². The fourth-order valence-electron chi connectivity index (χ4n) is 2.33. The van der Waals surface area contributed by atoms with Crippen LogP contribution in [0.4, 0.5) is 5.69 Å². The summed E-state index contributed by atoms with van der Waals surface area (Å²) in [5, 5.41) is 3.36. The number of hydrogen-bond acceptors (Lipinski definition) is 5. The van der Waals surface area contributed by atoms with Crippen molar-refractivity contribution in [3.8, 4) is 11.5 Å². The maximum atomic E-state index is 12.2. The van der Waals surface area contributed by atoms with Crippen LogP contribution < -0.4 is 14.8 Å². The van der Waals surface area contributed by atoms with Crippen molar-refractivity contribution in [1.29, 1.82) is 0 Å². The number of nitrogens with one attached hydrogen (secondary N) is 1. The molecule has 2 aromatic carbocycles. The first-order valence-corrected chi connectivity index (χ1v) is 8.49. The minimum absolute atomic E-state index is 0.146. The van der Waals surface area contributed by atoms with E-state index < -0.39 is 0 Å². The van der Waals surface area contributed by atoms with Gasteiger partial charge in [-0.2, -0.15) is 0 Å². The summed E-state index contributed by atoms with van der Waals surface area (Å²) >= 11 is 1.33. The third-order valence-corrected chi connectivity index (χ3v) is 4.63. The van der Waals surface area contributed by atoms with Gasteiger partial charge in [-0.25, -0.2) is 4.99 Å². The maximum Gasteiger partial charge on any atom is 0.264 e. The van der Waals surface area contributed by atoms with Gasteiger partial charge in [-0.15, -0.1) is 0 Å². The number of rotatable bonds is 4. The number of benzene rings is 2. The Morgan fingerprint density at radius 3 is 2.36 bits per heavy atom. The number of aliphatic imine (C=N–C) groups is 1. The summed E-state index contributed by atoms with van der Waals surface area (Å²) in [7, 11) is 3.25. The highest BCUT2D eigenvalue weighted by atomic mass is 32.2. The molecule has 3 rings (SSSR count). The molecular weight excluding hydrogens is 336 g/mol. The van der Waals surface area contributed by atoms with Gasteiger partial charge in [0.05, 0.1) is 24.8 Å². The van der Waals surface area contributed by atoms with E-state index in [2.05, 4.69) is 10.3 Å². The Balaban J connectivity index is 1.80. The van der Waals surface area contributed by atoms with E-state index in [0.29, 0.717) is 10.1 Å². The Morgan fingerprint density at radius 2 is 1.72 bits per heavy atom. The second kappa shape index (κ2) is 7.44. The number of amides is 1. The summed E-state index contributed by atoms with van der Waals surface area (Å²) < 4.78 is 10.3. The van der Waals surface area contributed by atoms with Crippen LogP contribution >= 0.6 is 11.8 Å². The molecule has 0 aliphatic carbocycles. The first kappa shape index (κ1) is 17.1. The molecule has 5 nitrogen and oxygen atoms in total. The van der Waals surface area contributed by atoms with Gasteiger partial charge in [0.15, 0.2) is 5.17 Å². The number of amidine groups is 1. The minimum atomic E-state index is -0.146. The Kier molecular flexibility index (Phi) is 5.09. The summed E-state index contributed by atoms with van der Waals surface area (Å²) in [5.74, 6) is 1.42. The fraction of sp³-hybridized carbons (Fsp3) is 0.158. The van der Waals surface area contributed by atoms with Crippen molar-refractivity contribution in [2.24, 2.45) is 4.99 Å². The molecule has 0 radical (unpaired) electrons. The summed E-state index contributed by atoms with van der Waals surface area (Å²) in [6, 6.07) is 13.1. The van der Waals surface area contributed by atoms with Crippen LogP contribution in [0, 0.1) is 6.92 Å². The third-order valence-electron chi connectivity index (χ3n) is 3.72.